The summed E-state index contributed by atoms with van der Waals surface area (Å²) in [7, 11) is 3.75. The maximum absolute atomic E-state index is 5.74. The zero-order chi connectivity index (χ0) is 13.4. The number of pyridine rings is 1. The van der Waals surface area contributed by atoms with Crippen LogP contribution in [0.1, 0.15) is 12.1 Å². The van der Waals surface area contributed by atoms with E-state index in [4.69, 9.17) is 4.74 Å². The highest BCUT2D eigenvalue weighted by atomic mass is 16.5. The monoisotopic (exact) mass is 244 g/mol. The van der Waals surface area contributed by atoms with E-state index in [1.807, 2.05) is 32.3 Å². The number of nitrogens with one attached hydrogen (secondary N) is 1. The number of nitrogens with zero attached hydrogens (tertiary/aromatic N) is 1. The van der Waals surface area contributed by atoms with Gasteiger partial charge in [0.1, 0.15) is 11.5 Å². The second-order valence-electron chi connectivity index (χ2n) is 3.85. The van der Waals surface area contributed by atoms with Crippen molar-refractivity contribution in [1.29, 1.82) is 0 Å². The zero-order valence-corrected chi connectivity index (χ0v) is 11.1. The average molecular weight is 244 g/mol. The molecule has 1 aromatic rings. The Morgan fingerprint density at radius 1 is 1.28 bits per heavy atom. The fraction of sp³-hybridized carbons (Fsp3) is 0.267. The SMILES string of the molecule is C=CC1=C(C=C)Oc2cccnc2CC1.CNC. The van der Waals surface area contributed by atoms with Crippen LogP contribution in [0.5, 0.6) is 5.75 Å². The predicted octanol–water partition coefficient (Wildman–Crippen LogP) is 2.87. The Balaban J connectivity index is 0.000000492. The third-order valence-electron chi connectivity index (χ3n) is 2.45. The fourth-order valence-corrected chi connectivity index (χ4v) is 1.64. The molecule has 0 atom stereocenters. The van der Waals surface area contributed by atoms with Crippen LogP contribution in [-0.2, 0) is 6.42 Å². The van der Waals surface area contributed by atoms with Gasteiger partial charge in [0.05, 0.1) is 5.69 Å². The Bertz CT molecular complexity index is 450. The third kappa shape index (κ3) is 3.57. The van der Waals surface area contributed by atoms with Crippen LogP contribution in [0.4, 0.5) is 0 Å². The third-order valence-corrected chi connectivity index (χ3v) is 2.45. The molecule has 1 aliphatic rings. The highest BCUT2D eigenvalue weighted by Crippen LogP contribution is 2.27. The molecule has 0 spiro atoms. The standard InChI is InChI=1S/C13H13NO.C2H7N/c1-3-10-7-8-11-13(6-5-9-14-11)15-12(10)4-2;1-3-2/h3-6,9H,1-2,7-8H2;3H,1-2H3. The first-order valence-corrected chi connectivity index (χ1v) is 5.95. The first-order chi connectivity index (χ1) is 8.76. The number of allylic oxidation sites excluding steroid dienone is 3. The van der Waals surface area contributed by atoms with Crippen molar-refractivity contribution in [3.05, 3.63) is 60.7 Å². The van der Waals surface area contributed by atoms with Crippen molar-refractivity contribution in [2.24, 2.45) is 0 Å². The van der Waals surface area contributed by atoms with E-state index in [1.54, 1.807) is 12.3 Å². The molecular weight excluding hydrogens is 224 g/mol. The number of hydrogen-bond donors (Lipinski definition) is 1. The van der Waals surface area contributed by atoms with Gasteiger partial charge in [-0.3, -0.25) is 4.98 Å². The molecule has 0 amide bonds. The molecule has 3 heteroatoms. The Morgan fingerprint density at radius 2 is 2.00 bits per heavy atom. The number of aryl methyl sites for hydroxylation is 1. The molecule has 0 fully saturated rings. The molecule has 1 N–H and O–H groups in total. The molecule has 0 saturated carbocycles. The van der Waals surface area contributed by atoms with Crippen molar-refractivity contribution >= 4 is 0 Å². The van der Waals surface area contributed by atoms with Crippen molar-refractivity contribution in [3.8, 4) is 5.75 Å². The molecule has 2 rings (SSSR count). The summed E-state index contributed by atoms with van der Waals surface area (Å²) in [6.45, 7) is 7.53. The smallest absolute Gasteiger partial charge is 0.148 e. The first-order valence-electron chi connectivity index (χ1n) is 5.95. The lowest BCUT2D eigenvalue weighted by Gasteiger charge is -2.07. The molecule has 96 valence electrons. The summed E-state index contributed by atoms with van der Waals surface area (Å²) in [5, 5.41) is 2.75. The highest BCUT2D eigenvalue weighted by Gasteiger charge is 2.13. The molecule has 2 heterocycles. The molecule has 0 saturated heterocycles. The minimum absolute atomic E-state index is 0.789. The van der Waals surface area contributed by atoms with Gasteiger partial charge in [-0.2, -0.15) is 0 Å². The van der Waals surface area contributed by atoms with E-state index in [1.165, 1.54) is 0 Å². The fourth-order valence-electron chi connectivity index (χ4n) is 1.64. The zero-order valence-electron chi connectivity index (χ0n) is 11.1. The van der Waals surface area contributed by atoms with Gasteiger partial charge in [0.2, 0.25) is 0 Å². The second kappa shape index (κ2) is 7.45. The Kier molecular flexibility index (Phi) is 5.88. The Hall–Kier alpha value is -1.87. The van der Waals surface area contributed by atoms with E-state index in [-0.39, 0.29) is 0 Å². The number of ether oxygens (including phenoxy) is 1. The summed E-state index contributed by atoms with van der Waals surface area (Å²) in [5.74, 6) is 1.61. The second-order valence-corrected chi connectivity index (χ2v) is 3.85. The highest BCUT2D eigenvalue weighted by molar-refractivity contribution is 5.38. The molecule has 0 aromatic carbocycles. The maximum Gasteiger partial charge on any atom is 0.148 e. The van der Waals surface area contributed by atoms with Crippen molar-refractivity contribution in [1.82, 2.24) is 10.3 Å². The van der Waals surface area contributed by atoms with Crippen LogP contribution in [0.25, 0.3) is 0 Å². The molecule has 0 aliphatic carbocycles. The van der Waals surface area contributed by atoms with Crippen LogP contribution >= 0.6 is 0 Å². The number of hydrogen-bond acceptors (Lipinski definition) is 3. The normalized spacial score (nSPS) is 13.4. The quantitative estimate of drug-likeness (QED) is 0.868. The van der Waals surface area contributed by atoms with Gasteiger partial charge >= 0.3 is 0 Å². The van der Waals surface area contributed by atoms with Crippen LogP contribution in [-0.4, -0.2) is 19.1 Å². The lowest BCUT2D eigenvalue weighted by atomic mass is 10.1. The summed E-state index contributed by atoms with van der Waals surface area (Å²) < 4.78 is 5.74. The van der Waals surface area contributed by atoms with Gasteiger partial charge < -0.3 is 10.1 Å². The first kappa shape index (κ1) is 14.2. The molecule has 3 nitrogen and oxygen atoms in total. The minimum Gasteiger partial charge on any atom is -0.455 e. The van der Waals surface area contributed by atoms with E-state index in [0.29, 0.717) is 0 Å². The number of fused-ring (bicyclic) bond motifs is 1. The van der Waals surface area contributed by atoms with E-state index in [2.05, 4.69) is 23.5 Å². The van der Waals surface area contributed by atoms with Gasteiger partial charge in [-0.1, -0.05) is 19.2 Å². The average Bonchev–Trinajstić information content (AvgIpc) is 2.58. The number of aromatic nitrogens is 1. The summed E-state index contributed by atoms with van der Waals surface area (Å²) in [4.78, 5) is 4.30. The summed E-state index contributed by atoms with van der Waals surface area (Å²) in [6, 6.07) is 3.80. The molecule has 0 radical (unpaired) electrons. The summed E-state index contributed by atoms with van der Waals surface area (Å²) >= 11 is 0. The topological polar surface area (TPSA) is 34.1 Å². The predicted molar refractivity (Wildman–Crippen MR) is 75.6 cm³/mol. The van der Waals surface area contributed by atoms with Gasteiger partial charge in [0.15, 0.2) is 0 Å². The van der Waals surface area contributed by atoms with Gasteiger partial charge in [-0.25, -0.2) is 0 Å². The summed E-state index contributed by atoms with van der Waals surface area (Å²) in [6.07, 6.45) is 7.11. The lowest BCUT2D eigenvalue weighted by Crippen LogP contribution is -1.95. The van der Waals surface area contributed by atoms with Gasteiger partial charge in [-0.15, -0.1) is 0 Å². The van der Waals surface area contributed by atoms with Crippen molar-refractivity contribution < 1.29 is 4.74 Å². The minimum atomic E-state index is 0.789. The van der Waals surface area contributed by atoms with Crippen LogP contribution in [0.3, 0.4) is 0 Å². The van der Waals surface area contributed by atoms with E-state index >= 15 is 0 Å². The van der Waals surface area contributed by atoms with Gasteiger partial charge in [0.25, 0.3) is 0 Å². The van der Waals surface area contributed by atoms with Crippen molar-refractivity contribution in [2.75, 3.05) is 14.1 Å². The molecule has 0 bridgehead atoms. The van der Waals surface area contributed by atoms with Gasteiger partial charge in [-0.05, 0) is 50.7 Å². The maximum atomic E-state index is 5.74. The van der Waals surface area contributed by atoms with Crippen molar-refractivity contribution in [3.63, 3.8) is 0 Å². The Morgan fingerprint density at radius 3 is 2.61 bits per heavy atom. The van der Waals surface area contributed by atoms with Crippen LogP contribution in [0.2, 0.25) is 0 Å². The molecular formula is C15H20N2O. The van der Waals surface area contributed by atoms with Crippen LogP contribution < -0.4 is 10.1 Å². The molecule has 1 aromatic heterocycles. The van der Waals surface area contributed by atoms with E-state index in [0.717, 1.165) is 35.6 Å². The number of rotatable bonds is 2. The lowest BCUT2D eigenvalue weighted by molar-refractivity contribution is 0.438. The molecule has 1 aliphatic heterocycles. The molecule has 18 heavy (non-hydrogen) atoms. The van der Waals surface area contributed by atoms with Crippen molar-refractivity contribution in [2.45, 2.75) is 12.8 Å². The van der Waals surface area contributed by atoms with Crippen LogP contribution in [0, 0.1) is 0 Å². The largest absolute Gasteiger partial charge is 0.455 e. The van der Waals surface area contributed by atoms with E-state index in [9.17, 15) is 0 Å². The summed E-state index contributed by atoms with van der Waals surface area (Å²) in [5.41, 5.74) is 2.08. The van der Waals surface area contributed by atoms with E-state index < -0.39 is 0 Å². The Labute approximate surface area is 109 Å². The molecule has 0 unspecified atom stereocenters. The van der Waals surface area contributed by atoms with Gasteiger partial charge in [0, 0.05) is 6.20 Å². The van der Waals surface area contributed by atoms with Crippen LogP contribution in [0.15, 0.2) is 55.0 Å².